The van der Waals surface area contributed by atoms with Crippen LogP contribution in [-0.2, 0) is 28.1 Å². The third-order valence-electron chi connectivity index (χ3n) is 3.79. The number of ether oxygens (including phenoxy) is 1. The van der Waals surface area contributed by atoms with Gasteiger partial charge in [-0.15, -0.1) is 0 Å². The molecule has 0 aliphatic rings. The highest BCUT2D eigenvalue weighted by molar-refractivity contribution is 7.86. The van der Waals surface area contributed by atoms with E-state index in [9.17, 15) is 18.0 Å². The van der Waals surface area contributed by atoms with Crippen LogP contribution in [0, 0.1) is 0 Å². The summed E-state index contributed by atoms with van der Waals surface area (Å²) in [6.07, 6.45) is 3.15. The van der Waals surface area contributed by atoms with Crippen LogP contribution >= 0.6 is 0 Å². The van der Waals surface area contributed by atoms with E-state index in [1.54, 1.807) is 0 Å². The molecule has 0 saturated heterocycles. The Kier molecular flexibility index (Phi) is 18.1. The van der Waals surface area contributed by atoms with E-state index in [1.165, 1.54) is 0 Å². The molecule has 0 spiro atoms. The van der Waals surface area contributed by atoms with Crippen LogP contribution in [0.1, 0.15) is 46.5 Å². The van der Waals surface area contributed by atoms with Crippen LogP contribution in [0.3, 0.4) is 0 Å². The molecule has 1 amide bonds. The molecule has 0 fully saturated rings. The van der Waals surface area contributed by atoms with E-state index < -0.39 is 24.4 Å². The van der Waals surface area contributed by atoms with E-state index in [2.05, 4.69) is 47.2 Å². The largest absolute Gasteiger partial charge is 0.741 e. The topological polar surface area (TPSA) is 123 Å². The zero-order valence-corrected chi connectivity index (χ0v) is 22.9. The Hall–Kier alpha value is -0.973. The second kappa shape index (κ2) is 17.5. The fraction of sp³-hybridized carbons (Fsp3) is 0.947. The molecule has 0 bridgehead atoms. The van der Waals surface area contributed by atoms with Gasteiger partial charge in [0, 0.05) is 32.4 Å². The highest BCUT2D eigenvalue weighted by Gasteiger charge is 2.40. The van der Waals surface area contributed by atoms with Crippen molar-refractivity contribution in [1.29, 1.82) is 0 Å². The molecule has 0 atom stereocenters. The van der Waals surface area contributed by atoms with Crippen molar-refractivity contribution >= 4 is 25.0 Å². The Morgan fingerprint density at radius 1 is 0.941 bits per heavy atom. The lowest BCUT2D eigenvalue weighted by atomic mass is 10.5. The maximum atomic E-state index is 11.7. The lowest BCUT2D eigenvalue weighted by Gasteiger charge is -2.29. The van der Waals surface area contributed by atoms with E-state index in [1.807, 2.05) is 0 Å². The second-order valence-electron chi connectivity index (χ2n) is 8.31. The summed E-state index contributed by atoms with van der Waals surface area (Å²) in [4.78, 5) is 11.7. The first kappa shape index (κ1) is 35.2. The van der Waals surface area contributed by atoms with Gasteiger partial charge in [-0.25, -0.2) is 13.2 Å². The molecule has 206 valence electrons. The Labute approximate surface area is 202 Å². The first-order valence-electron chi connectivity index (χ1n) is 11.2. The number of carbonyl (C=O) groups excluding carboxylic acids is 1. The summed E-state index contributed by atoms with van der Waals surface area (Å²) in [6, 6.07) is 0.701. The molecule has 0 aliphatic heterocycles. The van der Waals surface area contributed by atoms with E-state index in [0.29, 0.717) is 39.0 Å². The van der Waals surface area contributed by atoms with Crippen molar-refractivity contribution in [1.82, 2.24) is 5.32 Å². The van der Waals surface area contributed by atoms with Gasteiger partial charge in [-0.2, -0.15) is 13.2 Å². The average Bonchev–Trinajstić information content (AvgIpc) is 2.70. The van der Waals surface area contributed by atoms with Crippen molar-refractivity contribution in [3.8, 4) is 0 Å². The van der Waals surface area contributed by atoms with Crippen molar-refractivity contribution in [2.45, 2.75) is 58.0 Å². The van der Waals surface area contributed by atoms with Crippen molar-refractivity contribution < 1.29 is 53.4 Å². The zero-order valence-electron chi connectivity index (χ0n) is 21.0. The number of hydrogen-bond acceptors (Lipinski definition) is 8. The fourth-order valence-corrected chi connectivity index (χ4v) is 4.91. The van der Waals surface area contributed by atoms with Crippen LogP contribution in [0.25, 0.3) is 0 Å². The normalized spacial score (nSPS) is 12.6. The fourth-order valence-electron chi connectivity index (χ4n) is 2.07. The first-order chi connectivity index (χ1) is 15.5. The van der Waals surface area contributed by atoms with E-state index >= 15 is 0 Å². The molecule has 0 saturated carbocycles. The molecule has 0 heterocycles. The van der Waals surface area contributed by atoms with Crippen LogP contribution in [0.15, 0.2) is 0 Å². The van der Waals surface area contributed by atoms with Crippen LogP contribution in [0.2, 0.25) is 6.04 Å². The molecule has 0 rings (SSSR count). The van der Waals surface area contributed by atoms with Crippen molar-refractivity contribution in [3.63, 3.8) is 0 Å². The molecule has 15 heteroatoms. The number of alkyl carbamates (subject to hydrolysis) is 1. The highest BCUT2D eigenvalue weighted by atomic mass is 32.2. The standard InChI is InChI=1S/C18H40N2O5Si.CHF3O3S/c1-7-13-23-26(24-14-8-2,25-15-9-3)17-10-11-19-18(21)22-16-12-20(4,5)6;2-1(3,4)8(5,6)7/h7-17H2,1-6H3;(H,5,6,7). The summed E-state index contributed by atoms with van der Waals surface area (Å²) >= 11 is 0. The number of hydrogen-bond donors (Lipinski definition) is 1. The number of nitrogens with zero attached hydrogens (tertiary/aromatic N) is 1. The number of halogens is 3. The van der Waals surface area contributed by atoms with Gasteiger partial charge in [-0.05, 0) is 25.7 Å². The van der Waals surface area contributed by atoms with Crippen LogP contribution < -0.4 is 5.32 Å². The minimum absolute atomic E-state index is 0.371. The lowest BCUT2D eigenvalue weighted by molar-refractivity contribution is -0.870. The van der Waals surface area contributed by atoms with Crippen molar-refractivity contribution in [2.75, 3.05) is 60.7 Å². The lowest BCUT2D eigenvalue weighted by Crippen LogP contribution is -2.47. The number of amides is 1. The summed E-state index contributed by atoms with van der Waals surface area (Å²) in [6.45, 7) is 9.86. The van der Waals surface area contributed by atoms with Gasteiger partial charge in [0.25, 0.3) is 0 Å². The first-order valence-corrected chi connectivity index (χ1v) is 14.5. The average molecular weight is 543 g/mol. The summed E-state index contributed by atoms with van der Waals surface area (Å²) in [7, 11) is -2.57. The molecular formula is C19H41F3N2O8SSi. The number of carbonyl (C=O) groups is 1. The number of likely N-dealkylation sites (N-methyl/N-ethyl adjacent to an activating group) is 1. The van der Waals surface area contributed by atoms with Gasteiger partial charge in [0.15, 0.2) is 10.1 Å². The Balaban J connectivity index is 0. The Bertz CT molecular complexity index is 625. The number of alkyl halides is 3. The number of nitrogens with one attached hydrogen (secondary N) is 1. The van der Waals surface area contributed by atoms with Gasteiger partial charge >= 0.3 is 20.4 Å². The summed E-state index contributed by atoms with van der Waals surface area (Å²) in [5.41, 5.74) is -5.65. The molecule has 0 aromatic rings. The van der Waals surface area contributed by atoms with Gasteiger partial charge in [-0.1, -0.05) is 20.8 Å². The SMILES string of the molecule is CCCO[Si](CCCNC(=O)OCC[N+](C)(C)C)(OCCC)OCCC.O=S(=O)([O-])C(F)(F)F. The van der Waals surface area contributed by atoms with Gasteiger partial charge in [0.2, 0.25) is 0 Å². The number of quaternary nitrogens is 1. The third-order valence-corrected chi connectivity index (χ3v) is 7.25. The summed E-state index contributed by atoms with van der Waals surface area (Å²) in [5.74, 6) is 0. The molecule has 0 aliphatic carbocycles. The molecule has 0 radical (unpaired) electrons. The molecule has 1 N–H and O–H groups in total. The van der Waals surface area contributed by atoms with Gasteiger partial charge in [0.1, 0.15) is 13.2 Å². The maximum absolute atomic E-state index is 11.7. The van der Waals surface area contributed by atoms with E-state index in [-0.39, 0.29) is 6.09 Å². The molecular weight excluding hydrogens is 501 g/mol. The molecule has 0 aromatic carbocycles. The highest BCUT2D eigenvalue weighted by Crippen LogP contribution is 2.20. The van der Waals surface area contributed by atoms with Crippen molar-refractivity contribution in [3.05, 3.63) is 0 Å². The Morgan fingerprint density at radius 2 is 1.35 bits per heavy atom. The van der Waals surface area contributed by atoms with Crippen molar-refractivity contribution in [2.24, 2.45) is 0 Å². The second-order valence-corrected chi connectivity index (χ2v) is 12.4. The summed E-state index contributed by atoms with van der Waals surface area (Å²) < 4.78 is 83.0. The predicted octanol–water partition coefficient (Wildman–Crippen LogP) is 3.08. The predicted molar refractivity (Wildman–Crippen MR) is 122 cm³/mol. The monoisotopic (exact) mass is 542 g/mol. The molecule has 10 nitrogen and oxygen atoms in total. The smallest absolute Gasteiger partial charge is 0.501 e. The van der Waals surface area contributed by atoms with Crippen LogP contribution in [0.4, 0.5) is 18.0 Å². The quantitative estimate of drug-likeness (QED) is 0.104. The van der Waals surface area contributed by atoms with Gasteiger partial charge < -0.3 is 32.4 Å². The van der Waals surface area contributed by atoms with E-state index in [4.69, 9.17) is 31.0 Å². The summed E-state index contributed by atoms with van der Waals surface area (Å²) in [5, 5.41) is 2.80. The van der Waals surface area contributed by atoms with E-state index in [0.717, 1.165) is 36.7 Å². The minimum atomic E-state index is -6.09. The van der Waals surface area contributed by atoms with Crippen LogP contribution in [-0.4, -0.2) is 98.5 Å². The maximum Gasteiger partial charge on any atom is 0.501 e. The zero-order chi connectivity index (χ0) is 26.9. The number of rotatable bonds is 16. The minimum Gasteiger partial charge on any atom is -0.741 e. The molecule has 0 unspecified atom stereocenters. The Morgan fingerprint density at radius 3 is 1.68 bits per heavy atom. The molecule has 34 heavy (non-hydrogen) atoms. The third kappa shape index (κ3) is 19.3. The van der Waals surface area contributed by atoms with Gasteiger partial charge in [0.05, 0.1) is 21.1 Å². The van der Waals surface area contributed by atoms with Crippen LogP contribution in [0.5, 0.6) is 0 Å². The molecule has 0 aromatic heterocycles. The van der Waals surface area contributed by atoms with Gasteiger partial charge in [-0.3, -0.25) is 0 Å².